The summed E-state index contributed by atoms with van der Waals surface area (Å²) in [5.74, 6) is -0.416. The molecule has 7 heteroatoms. The second-order valence-corrected chi connectivity index (χ2v) is 7.94. The van der Waals surface area contributed by atoms with Crippen molar-refractivity contribution in [1.82, 2.24) is 10.3 Å². The maximum Gasteiger partial charge on any atom is 0.255 e. The number of pyridine rings is 1. The summed E-state index contributed by atoms with van der Waals surface area (Å²) in [6.45, 7) is 1.84. The molecular weight excluding hydrogens is 409 g/mol. The Hall–Kier alpha value is -2.63. The molecule has 4 rings (SSSR count). The smallest absolute Gasteiger partial charge is 0.255 e. The number of rotatable bonds is 3. The minimum absolute atomic E-state index is 0.0328. The summed E-state index contributed by atoms with van der Waals surface area (Å²) in [6.07, 6.45) is 3.61. The highest BCUT2D eigenvalue weighted by atomic mass is 35.5. The van der Waals surface area contributed by atoms with Gasteiger partial charge >= 0.3 is 0 Å². The van der Waals surface area contributed by atoms with E-state index in [0.29, 0.717) is 44.7 Å². The van der Waals surface area contributed by atoms with Crippen molar-refractivity contribution in [3.63, 3.8) is 0 Å². The fourth-order valence-corrected chi connectivity index (χ4v) is 4.47. The van der Waals surface area contributed by atoms with E-state index < -0.39 is 5.92 Å². The Kier molecular flexibility index (Phi) is 5.43. The van der Waals surface area contributed by atoms with Crippen LogP contribution in [0.2, 0.25) is 10.0 Å². The first-order valence-electron chi connectivity index (χ1n) is 9.37. The molecule has 148 valence electrons. The molecule has 2 aromatic rings. The normalized spacial score (nSPS) is 19.0. The number of nitrogens with zero attached hydrogens (tertiary/aromatic N) is 1. The number of halogens is 2. The number of aromatic nitrogens is 1. The molecule has 0 spiro atoms. The second-order valence-electron chi connectivity index (χ2n) is 7.10. The molecule has 1 aromatic carbocycles. The standard InChI is InChI=1S/C22H19Cl2N3O2/c1-12-19(22(29)27-18-7-2-3-10-25-18)20(14-9-8-13(23)11-15(14)24)21-16(26-12)5-4-6-17(21)28/h2-3,7-11,20,26H,4-6H2,1H3,(H,25,27,29). The van der Waals surface area contributed by atoms with E-state index in [9.17, 15) is 9.59 Å². The SMILES string of the molecule is CC1=C(C(=O)Nc2ccccn2)C(c2ccc(Cl)cc2Cl)C2=C(CCCC2=O)N1. The number of benzene rings is 1. The number of carbonyl (C=O) groups is 2. The van der Waals surface area contributed by atoms with Crippen molar-refractivity contribution < 1.29 is 9.59 Å². The maximum atomic E-state index is 13.3. The Balaban J connectivity index is 1.83. The number of nitrogens with one attached hydrogen (secondary N) is 2. The Morgan fingerprint density at radius 1 is 1.21 bits per heavy atom. The highest BCUT2D eigenvalue weighted by Crippen LogP contribution is 2.44. The van der Waals surface area contributed by atoms with Crippen molar-refractivity contribution in [2.75, 3.05) is 5.32 Å². The minimum Gasteiger partial charge on any atom is -0.362 e. The third-order valence-corrected chi connectivity index (χ3v) is 5.76. The van der Waals surface area contributed by atoms with Gasteiger partial charge in [0.1, 0.15) is 5.82 Å². The lowest BCUT2D eigenvalue weighted by Gasteiger charge is -2.34. The third kappa shape index (κ3) is 3.80. The van der Waals surface area contributed by atoms with Crippen molar-refractivity contribution in [3.05, 3.63) is 80.7 Å². The zero-order chi connectivity index (χ0) is 20.5. The number of hydrogen-bond acceptors (Lipinski definition) is 4. The maximum absolute atomic E-state index is 13.3. The highest BCUT2D eigenvalue weighted by molar-refractivity contribution is 6.35. The molecule has 0 fully saturated rings. The summed E-state index contributed by atoms with van der Waals surface area (Å²) in [5.41, 5.74) is 3.31. The average Bonchev–Trinajstić information content (AvgIpc) is 2.68. The number of carbonyl (C=O) groups excluding carboxylic acids is 2. The van der Waals surface area contributed by atoms with E-state index in [4.69, 9.17) is 23.2 Å². The van der Waals surface area contributed by atoms with Crippen LogP contribution >= 0.6 is 23.2 Å². The molecule has 1 aliphatic carbocycles. The predicted molar refractivity (Wildman–Crippen MR) is 114 cm³/mol. The van der Waals surface area contributed by atoms with E-state index in [1.807, 2.05) is 6.92 Å². The highest BCUT2D eigenvalue weighted by Gasteiger charge is 2.39. The quantitative estimate of drug-likeness (QED) is 0.722. The van der Waals surface area contributed by atoms with Gasteiger partial charge in [-0.15, -0.1) is 0 Å². The van der Waals surface area contributed by atoms with Crippen LogP contribution in [0.15, 0.2) is 65.1 Å². The van der Waals surface area contributed by atoms with E-state index in [2.05, 4.69) is 15.6 Å². The van der Waals surface area contributed by atoms with Gasteiger partial charge in [0.2, 0.25) is 0 Å². The Morgan fingerprint density at radius 3 is 2.76 bits per heavy atom. The van der Waals surface area contributed by atoms with Gasteiger partial charge in [-0.2, -0.15) is 0 Å². The molecule has 5 nitrogen and oxygen atoms in total. The first-order chi connectivity index (χ1) is 14.0. The first kappa shape index (κ1) is 19.7. The van der Waals surface area contributed by atoms with Gasteiger partial charge < -0.3 is 10.6 Å². The van der Waals surface area contributed by atoms with Gasteiger partial charge in [0.15, 0.2) is 5.78 Å². The lowest BCUT2D eigenvalue weighted by atomic mass is 9.75. The largest absolute Gasteiger partial charge is 0.362 e. The number of anilines is 1. The van der Waals surface area contributed by atoms with Crippen molar-refractivity contribution in [1.29, 1.82) is 0 Å². The van der Waals surface area contributed by atoms with Crippen molar-refractivity contribution in [3.8, 4) is 0 Å². The molecular formula is C22H19Cl2N3O2. The second kappa shape index (κ2) is 8.01. The average molecular weight is 428 g/mol. The van der Waals surface area contributed by atoms with Gasteiger partial charge in [-0.3, -0.25) is 9.59 Å². The van der Waals surface area contributed by atoms with Crippen molar-refractivity contribution in [2.24, 2.45) is 0 Å². The number of amides is 1. The van der Waals surface area contributed by atoms with Gasteiger partial charge in [0.25, 0.3) is 5.91 Å². The number of ketones is 1. The molecule has 1 amide bonds. The molecule has 29 heavy (non-hydrogen) atoms. The molecule has 1 atom stereocenters. The molecule has 2 N–H and O–H groups in total. The fourth-order valence-electron chi connectivity index (χ4n) is 3.95. The number of allylic oxidation sites excluding steroid dienone is 3. The summed E-state index contributed by atoms with van der Waals surface area (Å²) in [5, 5.41) is 7.04. The van der Waals surface area contributed by atoms with Crippen LogP contribution in [0.5, 0.6) is 0 Å². The van der Waals surface area contributed by atoms with Gasteiger partial charge in [0.05, 0.1) is 0 Å². The molecule has 1 aliphatic heterocycles. The Morgan fingerprint density at radius 2 is 2.03 bits per heavy atom. The fraction of sp³-hybridized carbons (Fsp3) is 0.227. The number of hydrogen-bond donors (Lipinski definition) is 2. The summed E-state index contributed by atoms with van der Waals surface area (Å²) >= 11 is 12.6. The molecule has 2 aliphatic rings. The predicted octanol–water partition coefficient (Wildman–Crippen LogP) is 5.00. The van der Waals surface area contributed by atoms with E-state index in [1.165, 1.54) is 0 Å². The molecule has 1 aromatic heterocycles. The summed E-state index contributed by atoms with van der Waals surface area (Å²) < 4.78 is 0. The van der Waals surface area contributed by atoms with Gasteiger partial charge in [0, 0.05) is 51.1 Å². The summed E-state index contributed by atoms with van der Waals surface area (Å²) in [6, 6.07) is 10.4. The number of dihydropyridines is 1. The summed E-state index contributed by atoms with van der Waals surface area (Å²) in [4.78, 5) is 30.3. The zero-order valence-electron chi connectivity index (χ0n) is 15.8. The van der Waals surface area contributed by atoms with E-state index in [0.717, 1.165) is 18.5 Å². The van der Waals surface area contributed by atoms with Crippen LogP contribution in [0.3, 0.4) is 0 Å². The lowest BCUT2D eigenvalue weighted by molar-refractivity contribution is -0.116. The topological polar surface area (TPSA) is 71.1 Å². The minimum atomic E-state index is -0.562. The zero-order valence-corrected chi connectivity index (χ0v) is 17.3. The Labute approximate surface area is 178 Å². The van der Waals surface area contributed by atoms with Crippen LogP contribution in [-0.4, -0.2) is 16.7 Å². The van der Waals surface area contributed by atoms with E-state index >= 15 is 0 Å². The molecule has 0 bridgehead atoms. The lowest BCUT2D eigenvalue weighted by Crippen LogP contribution is -2.35. The molecule has 0 radical (unpaired) electrons. The van der Waals surface area contributed by atoms with Gasteiger partial charge in [-0.25, -0.2) is 4.98 Å². The van der Waals surface area contributed by atoms with Crippen LogP contribution in [0, 0.1) is 0 Å². The number of Topliss-reactive ketones (excluding diaryl/α,β-unsaturated/α-hetero) is 1. The molecule has 0 saturated carbocycles. The molecule has 0 saturated heterocycles. The van der Waals surface area contributed by atoms with Crippen LogP contribution in [0.1, 0.15) is 37.7 Å². The van der Waals surface area contributed by atoms with Crippen LogP contribution in [-0.2, 0) is 9.59 Å². The van der Waals surface area contributed by atoms with Gasteiger partial charge in [-0.05, 0) is 49.6 Å². The Bertz CT molecular complexity index is 1060. The van der Waals surface area contributed by atoms with Crippen molar-refractivity contribution >= 4 is 40.7 Å². The first-order valence-corrected chi connectivity index (χ1v) is 10.1. The molecule has 1 unspecified atom stereocenters. The van der Waals surface area contributed by atoms with Crippen LogP contribution < -0.4 is 10.6 Å². The van der Waals surface area contributed by atoms with Crippen molar-refractivity contribution in [2.45, 2.75) is 32.1 Å². The monoisotopic (exact) mass is 427 g/mol. The summed E-state index contributed by atoms with van der Waals surface area (Å²) in [7, 11) is 0. The van der Waals surface area contributed by atoms with E-state index in [-0.39, 0.29) is 11.7 Å². The van der Waals surface area contributed by atoms with Crippen LogP contribution in [0.4, 0.5) is 5.82 Å². The third-order valence-electron chi connectivity index (χ3n) is 5.20. The molecule has 2 heterocycles. The van der Waals surface area contributed by atoms with E-state index in [1.54, 1.807) is 42.6 Å². The van der Waals surface area contributed by atoms with Gasteiger partial charge in [-0.1, -0.05) is 35.3 Å². The van der Waals surface area contributed by atoms with Crippen LogP contribution in [0.25, 0.3) is 0 Å².